The molecular weight excluding hydrogens is 322 g/mol. The Hall–Kier alpha value is -3.20. The van der Waals surface area contributed by atoms with Crippen LogP contribution < -0.4 is 10.6 Å². The Kier molecular flexibility index (Phi) is 5.05. The number of furan rings is 1. The van der Waals surface area contributed by atoms with E-state index in [2.05, 4.69) is 10.6 Å². The van der Waals surface area contributed by atoms with Gasteiger partial charge in [0.15, 0.2) is 5.11 Å². The minimum absolute atomic E-state index is 0.0664. The number of aromatic hydroxyl groups is 1. The zero-order valence-corrected chi connectivity index (χ0v) is 12.4. The maximum Gasteiger partial charge on any atom is 0.273 e. The highest BCUT2D eigenvalue weighted by Gasteiger charge is 2.11. The van der Waals surface area contributed by atoms with Crippen LogP contribution in [0.4, 0.5) is 11.4 Å². The van der Waals surface area contributed by atoms with Crippen molar-refractivity contribution in [2.45, 2.75) is 0 Å². The molecule has 0 aliphatic rings. The number of carbonyl (C=O) groups excluding carboxylic acids is 1. The number of thiocarbonyl (C=S) groups is 1. The number of phenolic OH excluding ortho intramolecular Hbond substituents is 1. The first-order valence-corrected chi connectivity index (χ1v) is 6.67. The van der Waals surface area contributed by atoms with Gasteiger partial charge in [0, 0.05) is 12.1 Å². The van der Waals surface area contributed by atoms with Gasteiger partial charge in [-0.2, -0.15) is 0 Å². The fourth-order valence-electron chi connectivity index (χ4n) is 1.59. The summed E-state index contributed by atoms with van der Waals surface area (Å²) < 4.78 is 5.03. The molecule has 1 heterocycles. The molecular formula is C14H11N3O5S. The number of amides is 1. The van der Waals surface area contributed by atoms with Gasteiger partial charge in [0.1, 0.15) is 11.5 Å². The van der Waals surface area contributed by atoms with Gasteiger partial charge in [0.05, 0.1) is 22.9 Å². The number of benzene rings is 1. The molecule has 0 unspecified atom stereocenters. The minimum Gasteiger partial charge on any atom is -0.506 e. The highest BCUT2D eigenvalue weighted by atomic mass is 32.1. The normalized spacial score (nSPS) is 10.4. The molecule has 0 fully saturated rings. The highest BCUT2D eigenvalue weighted by Crippen LogP contribution is 2.27. The van der Waals surface area contributed by atoms with Crippen molar-refractivity contribution in [3.8, 4) is 5.75 Å². The van der Waals surface area contributed by atoms with E-state index in [1.54, 1.807) is 12.1 Å². The molecule has 0 spiro atoms. The Morgan fingerprint density at radius 3 is 2.78 bits per heavy atom. The average Bonchev–Trinajstić information content (AvgIpc) is 3.00. The van der Waals surface area contributed by atoms with Crippen molar-refractivity contribution >= 4 is 40.7 Å². The molecule has 0 radical (unpaired) electrons. The Labute approximate surface area is 135 Å². The molecule has 118 valence electrons. The minimum atomic E-state index is -0.636. The third-order valence-corrected chi connectivity index (χ3v) is 2.82. The summed E-state index contributed by atoms with van der Waals surface area (Å²) in [5.74, 6) is -0.353. The van der Waals surface area contributed by atoms with Gasteiger partial charge in [-0.15, -0.1) is 0 Å². The summed E-state index contributed by atoms with van der Waals surface area (Å²) in [5, 5.41) is 25.1. The second-order valence-electron chi connectivity index (χ2n) is 4.25. The molecule has 0 aliphatic heterocycles. The molecule has 2 rings (SSSR count). The zero-order chi connectivity index (χ0) is 16.8. The maximum absolute atomic E-state index is 11.6. The Bertz CT molecular complexity index is 771. The van der Waals surface area contributed by atoms with Crippen LogP contribution in [0, 0.1) is 10.1 Å². The number of nitrogens with zero attached hydrogens (tertiary/aromatic N) is 1. The van der Waals surface area contributed by atoms with E-state index in [1.165, 1.54) is 30.5 Å². The number of carbonyl (C=O) groups is 1. The van der Waals surface area contributed by atoms with E-state index < -0.39 is 10.8 Å². The summed E-state index contributed by atoms with van der Waals surface area (Å²) in [7, 11) is 0. The smallest absolute Gasteiger partial charge is 0.273 e. The summed E-state index contributed by atoms with van der Waals surface area (Å²) >= 11 is 4.93. The van der Waals surface area contributed by atoms with Crippen LogP contribution in [-0.4, -0.2) is 21.0 Å². The molecule has 0 atom stereocenters. The van der Waals surface area contributed by atoms with E-state index in [0.29, 0.717) is 5.76 Å². The third-order valence-electron chi connectivity index (χ3n) is 2.62. The first-order valence-electron chi connectivity index (χ1n) is 6.26. The number of anilines is 1. The van der Waals surface area contributed by atoms with Gasteiger partial charge in [-0.3, -0.25) is 20.2 Å². The van der Waals surface area contributed by atoms with E-state index in [-0.39, 0.29) is 22.2 Å². The largest absolute Gasteiger partial charge is 0.506 e. The lowest BCUT2D eigenvalue weighted by Crippen LogP contribution is -2.32. The standard InChI is InChI=1S/C14H11N3O5S/c18-12-8-9(17(20)21)3-5-11(12)15-14(23)16-13(19)6-4-10-2-1-7-22-10/h1-8,18H,(H2,15,16,19,23). The second-order valence-corrected chi connectivity index (χ2v) is 4.66. The lowest BCUT2D eigenvalue weighted by Gasteiger charge is -2.09. The lowest BCUT2D eigenvalue weighted by atomic mass is 10.2. The predicted octanol–water partition coefficient (Wildman–Crippen LogP) is 2.42. The molecule has 0 saturated carbocycles. The third kappa shape index (κ3) is 4.64. The van der Waals surface area contributed by atoms with Crippen LogP contribution in [0.25, 0.3) is 6.08 Å². The van der Waals surface area contributed by atoms with Crippen molar-refractivity contribution in [3.05, 3.63) is 58.5 Å². The molecule has 3 N–H and O–H groups in total. The topological polar surface area (TPSA) is 118 Å². The number of hydrogen-bond acceptors (Lipinski definition) is 6. The number of rotatable bonds is 4. The van der Waals surface area contributed by atoms with Crippen molar-refractivity contribution in [2.75, 3.05) is 5.32 Å². The number of nitro benzene ring substituents is 1. The Morgan fingerprint density at radius 2 is 2.17 bits per heavy atom. The summed E-state index contributed by atoms with van der Waals surface area (Å²) in [6.45, 7) is 0. The van der Waals surface area contributed by atoms with Crippen LogP contribution >= 0.6 is 12.2 Å². The molecule has 2 aromatic rings. The van der Waals surface area contributed by atoms with E-state index in [4.69, 9.17) is 16.6 Å². The molecule has 1 aromatic heterocycles. The number of non-ortho nitro benzene ring substituents is 1. The predicted molar refractivity (Wildman–Crippen MR) is 86.9 cm³/mol. The Morgan fingerprint density at radius 1 is 1.39 bits per heavy atom. The summed E-state index contributed by atoms with van der Waals surface area (Å²) in [5.41, 5.74) is -0.125. The van der Waals surface area contributed by atoms with Crippen LogP contribution in [0.2, 0.25) is 0 Å². The fourth-order valence-corrected chi connectivity index (χ4v) is 1.80. The maximum atomic E-state index is 11.6. The molecule has 8 nitrogen and oxygen atoms in total. The van der Waals surface area contributed by atoms with E-state index in [1.807, 2.05) is 0 Å². The van der Waals surface area contributed by atoms with Gasteiger partial charge in [0.25, 0.3) is 5.69 Å². The lowest BCUT2D eigenvalue weighted by molar-refractivity contribution is -0.384. The highest BCUT2D eigenvalue weighted by molar-refractivity contribution is 7.80. The molecule has 0 bridgehead atoms. The average molecular weight is 333 g/mol. The molecule has 1 amide bonds. The van der Waals surface area contributed by atoms with Crippen molar-refractivity contribution in [1.82, 2.24) is 5.32 Å². The number of nitro groups is 1. The summed E-state index contributed by atoms with van der Waals surface area (Å²) in [4.78, 5) is 21.6. The first kappa shape index (κ1) is 16.2. The SMILES string of the molecule is O=C(C=Cc1ccco1)NC(=S)Nc1ccc([N+](=O)[O-])cc1O. The van der Waals surface area contributed by atoms with E-state index in [9.17, 15) is 20.0 Å². The van der Waals surface area contributed by atoms with Crippen molar-refractivity contribution < 1.29 is 19.2 Å². The van der Waals surface area contributed by atoms with E-state index in [0.717, 1.165) is 6.07 Å². The zero-order valence-electron chi connectivity index (χ0n) is 11.6. The summed E-state index contributed by atoms with van der Waals surface area (Å²) in [6.07, 6.45) is 4.16. The Balaban J connectivity index is 1.94. The quantitative estimate of drug-likeness (QED) is 0.258. The molecule has 0 saturated heterocycles. The van der Waals surface area contributed by atoms with E-state index >= 15 is 0 Å². The molecule has 0 aliphatic carbocycles. The van der Waals surface area contributed by atoms with Crippen LogP contribution in [0.5, 0.6) is 5.75 Å². The van der Waals surface area contributed by atoms with Gasteiger partial charge in [0.2, 0.25) is 5.91 Å². The molecule has 9 heteroatoms. The van der Waals surface area contributed by atoms with Gasteiger partial charge in [-0.25, -0.2) is 0 Å². The van der Waals surface area contributed by atoms with Gasteiger partial charge < -0.3 is 14.8 Å². The van der Waals surface area contributed by atoms with Crippen LogP contribution in [-0.2, 0) is 4.79 Å². The van der Waals surface area contributed by atoms with Crippen LogP contribution in [0.15, 0.2) is 47.1 Å². The fraction of sp³-hybridized carbons (Fsp3) is 0. The molecule has 1 aromatic carbocycles. The second kappa shape index (κ2) is 7.18. The van der Waals surface area contributed by atoms with Gasteiger partial charge in [-0.1, -0.05) is 0 Å². The van der Waals surface area contributed by atoms with Crippen LogP contribution in [0.3, 0.4) is 0 Å². The number of phenols is 1. The number of hydrogen-bond donors (Lipinski definition) is 3. The van der Waals surface area contributed by atoms with Crippen molar-refractivity contribution in [1.29, 1.82) is 0 Å². The van der Waals surface area contributed by atoms with Gasteiger partial charge >= 0.3 is 0 Å². The van der Waals surface area contributed by atoms with Crippen molar-refractivity contribution in [3.63, 3.8) is 0 Å². The summed E-state index contributed by atoms with van der Waals surface area (Å²) in [6, 6.07) is 6.81. The van der Waals surface area contributed by atoms with Gasteiger partial charge in [-0.05, 0) is 36.5 Å². The van der Waals surface area contributed by atoms with Crippen LogP contribution in [0.1, 0.15) is 5.76 Å². The van der Waals surface area contributed by atoms with Crippen molar-refractivity contribution in [2.24, 2.45) is 0 Å². The monoisotopic (exact) mass is 333 g/mol. The first-order chi connectivity index (χ1) is 11.0. The number of nitrogens with one attached hydrogen (secondary N) is 2. The molecule has 23 heavy (non-hydrogen) atoms.